The molecule has 0 fully saturated rings. The standard InChI is InChI=1S/C24H16ClN3O4/c25-16-4-5-18-15(11-16)12-19(32-18)22(29)20-21(17-3-1-2-8-27-17)28(24(31)23(20)30)13-14-6-9-26-10-7-14/h1-12,21,30H,13H2. The first kappa shape index (κ1) is 20.0. The second-order valence-corrected chi connectivity index (χ2v) is 7.77. The fraction of sp³-hybridized carbons (Fsp3) is 0.0833. The highest BCUT2D eigenvalue weighted by Gasteiger charge is 2.45. The van der Waals surface area contributed by atoms with Crippen molar-refractivity contribution < 1.29 is 19.1 Å². The predicted octanol–water partition coefficient (Wildman–Crippen LogP) is 4.65. The van der Waals surface area contributed by atoms with E-state index in [4.69, 9.17) is 16.0 Å². The molecule has 0 spiro atoms. The normalized spacial score (nSPS) is 16.2. The van der Waals surface area contributed by atoms with Crippen LogP contribution in [0.1, 0.15) is 27.9 Å². The van der Waals surface area contributed by atoms with Gasteiger partial charge < -0.3 is 14.4 Å². The summed E-state index contributed by atoms with van der Waals surface area (Å²) in [6.45, 7) is 0.166. The number of pyridine rings is 2. The zero-order chi connectivity index (χ0) is 22.2. The molecule has 4 aromatic rings. The van der Waals surface area contributed by atoms with Crippen LogP contribution < -0.4 is 0 Å². The molecule has 4 heterocycles. The number of aliphatic hydroxyl groups is 1. The zero-order valence-corrected chi connectivity index (χ0v) is 17.4. The van der Waals surface area contributed by atoms with Crippen LogP contribution in [0, 0.1) is 0 Å². The predicted molar refractivity (Wildman–Crippen MR) is 117 cm³/mol. The lowest BCUT2D eigenvalue weighted by molar-refractivity contribution is -0.130. The Hall–Kier alpha value is -3.97. The van der Waals surface area contributed by atoms with Crippen LogP contribution >= 0.6 is 11.6 Å². The van der Waals surface area contributed by atoms with Gasteiger partial charge >= 0.3 is 0 Å². The van der Waals surface area contributed by atoms with E-state index in [0.29, 0.717) is 21.7 Å². The van der Waals surface area contributed by atoms with E-state index in [9.17, 15) is 14.7 Å². The number of aromatic nitrogens is 2. The Kier molecular flexibility index (Phi) is 4.95. The number of ketones is 1. The van der Waals surface area contributed by atoms with Gasteiger partial charge in [-0.05, 0) is 54.1 Å². The van der Waals surface area contributed by atoms with Crippen LogP contribution in [0.2, 0.25) is 5.02 Å². The molecule has 158 valence electrons. The van der Waals surface area contributed by atoms with Crippen LogP contribution in [-0.2, 0) is 11.3 Å². The average molecular weight is 446 g/mol. The number of halogens is 1. The fourth-order valence-corrected chi connectivity index (χ4v) is 4.02. The molecule has 1 aliphatic rings. The molecular weight excluding hydrogens is 430 g/mol. The summed E-state index contributed by atoms with van der Waals surface area (Å²) in [5.74, 6) is -1.85. The first-order chi connectivity index (χ1) is 15.5. The van der Waals surface area contributed by atoms with E-state index < -0.39 is 23.5 Å². The molecule has 1 aromatic carbocycles. The van der Waals surface area contributed by atoms with E-state index in [-0.39, 0.29) is 17.9 Å². The van der Waals surface area contributed by atoms with Gasteiger partial charge in [0.25, 0.3) is 5.91 Å². The van der Waals surface area contributed by atoms with Crippen LogP contribution in [0.5, 0.6) is 0 Å². The molecule has 8 heteroatoms. The van der Waals surface area contributed by atoms with Crippen molar-refractivity contribution in [1.29, 1.82) is 0 Å². The number of furan rings is 1. The van der Waals surface area contributed by atoms with Crippen molar-refractivity contribution in [2.45, 2.75) is 12.6 Å². The number of benzene rings is 1. The molecule has 1 atom stereocenters. The van der Waals surface area contributed by atoms with Crippen molar-refractivity contribution in [3.63, 3.8) is 0 Å². The second kappa shape index (κ2) is 7.94. The van der Waals surface area contributed by atoms with Crippen molar-refractivity contribution in [2.24, 2.45) is 0 Å². The molecule has 1 amide bonds. The Balaban J connectivity index is 1.59. The number of hydrogen-bond donors (Lipinski definition) is 1. The molecule has 1 aliphatic heterocycles. The van der Waals surface area contributed by atoms with Crippen LogP contribution in [0.15, 0.2) is 88.9 Å². The summed E-state index contributed by atoms with van der Waals surface area (Å²) in [6, 6.07) is 14.4. The highest BCUT2D eigenvalue weighted by molar-refractivity contribution is 6.31. The van der Waals surface area contributed by atoms with Crippen LogP contribution in [0.3, 0.4) is 0 Å². The molecule has 3 aromatic heterocycles. The Morgan fingerprint density at radius 3 is 2.66 bits per heavy atom. The molecule has 0 bridgehead atoms. The van der Waals surface area contributed by atoms with Gasteiger partial charge in [0.15, 0.2) is 11.5 Å². The molecule has 0 saturated heterocycles. The quantitative estimate of drug-likeness (QED) is 0.449. The molecule has 1 unspecified atom stereocenters. The lowest BCUT2D eigenvalue weighted by Crippen LogP contribution is -2.31. The molecule has 0 saturated carbocycles. The Labute approximate surface area is 187 Å². The van der Waals surface area contributed by atoms with Gasteiger partial charge in [-0.25, -0.2) is 0 Å². The minimum absolute atomic E-state index is 0.00306. The Morgan fingerprint density at radius 1 is 1.09 bits per heavy atom. The van der Waals surface area contributed by atoms with Crippen LogP contribution in [0.4, 0.5) is 0 Å². The highest BCUT2D eigenvalue weighted by atomic mass is 35.5. The third-order valence-corrected chi connectivity index (χ3v) is 5.56. The molecule has 1 N–H and O–H groups in total. The zero-order valence-electron chi connectivity index (χ0n) is 16.6. The van der Waals surface area contributed by atoms with Crippen molar-refractivity contribution in [3.05, 3.63) is 107 Å². The lowest BCUT2D eigenvalue weighted by Gasteiger charge is -2.25. The van der Waals surface area contributed by atoms with E-state index in [1.165, 1.54) is 4.90 Å². The second-order valence-electron chi connectivity index (χ2n) is 7.33. The van der Waals surface area contributed by atoms with Gasteiger partial charge in [0.05, 0.1) is 11.3 Å². The maximum absolute atomic E-state index is 13.5. The van der Waals surface area contributed by atoms with Gasteiger partial charge in [0, 0.05) is 35.5 Å². The SMILES string of the molecule is O=C(C1=C(O)C(=O)N(Cc2ccncc2)C1c1ccccn1)c1cc2cc(Cl)ccc2o1. The van der Waals surface area contributed by atoms with E-state index in [2.05, 4.69) is 9.97 Å². The highest BCUT2D eigenvalue weighted by Crippen LogP contribution is 2.39. The summed E-state index contributed by atoms with van der Waals surface area (Å²) in [4.78, 5) is 36.3. The van der Waals surface area contributed by atoms with Gasteiger partial charge in [-0.2, -0.15) is 0 Å². The van der Waals surface area contributed by atoms with Crippen LogP contribution in [-0.4, -0.2) is 31.7 Å². The summed E-state index contributed by atoms with van der Waals surface area (Å²) >= 11 is 6.04. The van der Waals surface area contributed by atoms with Gasteiger partial charge in [-0.15, -0.1) is 0 Å². The van der Waals surface area contributed by atoms with E-state index in [1.807, 2.05) is 0 Å². The number of rotatable bonds is 5. The summed E-state index contributed by atoms with van der Waals surface area (Å²) in [6.07, 6.45) is 4.81. The maximum atomic E-state index is 13.5. The minimum atomic E-state index is -0.874. The number of nitrogens with zero attached hydrogens (tertiary/aromatic N) is 3. The Bertz CT molecular complexity index is 1370. The monoisotopic (exact) mass is 445 g/mol. The average Bonchev–Trinajstić information content (AvgIpc) is 3.34. The fourth-order valence-electron chi connectivity index (χ4n) is 3.84. The molecule has 0 radical (unpaired) electrons. The number of fused-ring (bicyclic) bond motifs is 1. The maximum Gasteiger partial charge on any atom is 0.290 e. The number of carbonyl (C=O) groups is 2. The molecule has 32 heavy (non-hydrogen) atoms. The van der Waals surface area contributed by atoms with Gasteiger partial charge in [-0.1, -0.05) is 17.7 Å². The number of hydrogen-bond acceptors (Lipinski definition) is 6. The van der Waals surface area contributed by atoms with E-state index in [0.717, 1.165) is 5.56 Å². The summed E-state index contributed by atoms with van der Waals surface area (Å²) in [5.41, 5.74) is 1.66. The van der Waals surface area contributed by atoms with Gasteiger partial charge in [-0.3, -0.25) is 19.6 Å². The van der Waals surface area contributed by atoms with Crippen molar-refractivity contribution in [3.8, 4) is 0 Å². The summed E-state index contributed by atoms with van der Waals surface area (Å²) in [7, 11) is 0. The van der Waals surface area contributed by atoms with Crippen molar-refractivity contribution in [2.75, 3.05) is 0 Å². The van der Waals surface area contributed by atoms with Crippen molar-refractivity contribution in [1.82, 2.24) is 14.9 Å². The van der Waals surface area contributed by atoms with Gasteiger partial charge in [0.2, 0.25) is 5.78 Å². The number of carbonyl (C=O) groups excluding carboxylic acids is 2. The molecule has 5 rings (SSSR count). The largest absolute Gasteiger partial charge is 0.503 e. The van der Waals surface area contributed by atoms with Crippen LogP contribution in [0.25, 0.3) is 11.0 Å². The smallest absolute Gasteiger partial charge is 0.290 e. The number of amides is 1. The summed E-state index contributed by atoms with van der Waals surface area (Å²) < 4.78 is 5.71. The van der Waals surface area contributed by atoms with E-state index in [1.54, 1.807) is 73.2 Å². The molecule has 0 aliphatic carbocycles. The first-order valence-corrected chi connectivity index (χ1v) is 10.2. The third-order valence-electron chi connectivity index (χ3n) is 5.32. The topological polar surface area (TPSA) is 96.5 Å². The first-order valence-electron chi connectivity index (χ1n) is 9.80. The molecular formula is C24H16ClN3O4. The van der Waals surface area contributed by atoms with Crippen molar-refractivity contribution >= 4 is 34.3 Å². The van der Waals surface area contributed by atoms with E-state index >= 15 is 0 Å². The lowest BCUT2D eigenvalue weighted by atomic mass is 9.98. The third kappa shape index (κ3) is 3.42. The summed E-state index contributed by atoms with van der Waals surface area (Å²) in [5, 5.41) is 11.9. The Morgan fingerprint density at radius 2 is 1.91 bits per heavy atom. The molecule has 7 nitrogen and oxygen atoms in total. The minimum Gasteiger partial charge on any atom is -0.503 e. The van der Waals surface area contributed by atoms with Gasteiger partial charge in [0.1, 0.15) is 11.6 Å². The number of aliphatic hydroxyl groups excluding tert-OH is 1. The number of Topliss-reactive ketones (excluding diaryl/α,β-unsaturated/α-hetero) is 1.